The molecule has 1 aromatic heterocycles. The summed E-state index contributed by atoms with van der Waals surface area (Å²) in [5, 5.41) is 7.18. The maximum Gasteiger partial charge on any atom is 0.268 e. The fraction of sp³-hybridized carbons (Fsp3) is 0.450. The normalized spacial score (nSPS) is 17.2. The largest absolute Gasteiger partial charge is 0.370 e. The molecule has 3 rings (SSSR count). The number of hydrogen-bond donors (Lipinski definition) is 1. The van der Waals surface area contributed by atoms with Gasteiger partial charge in [-0.15, -0.1) is 0 Å². The van der Waals surface area contributed by atoms with Crippen LogP contribution in [-0.2, 0) is 11.3 Å². The molecule has 2 aromatic rings. The topological polar surface area (TPSA) is 67.2 Å². The Hall–Kier alpha value is -2.63. The Morgan fingerprint density at radius 2 is 2.08 bits per heavy atom. The van der Waals surface area contributed by atoms with Crippen LogP contribution in [0.5, 0.6) is 0 Å². The lowest BCUT2D eigenvalue weighted by Crippen LogP contribution is -2.38. The van der Waals surface area contributed by atoms with Gasteiger partial charge in [-0.1, -0.05) is 17.7 Å². The molecular weight excluding hydrogens is 328 g/mol. The minimum absolute atomic E-state index is 0.0419. The van der Waals surface area contributed by atoms with E-state index in [9.17, 15) is 9.59 Å². The van der Waals surface area contributed by atoms with Crippen LogP contribution in [0.15, 0.2) is 41.3 Å². The highest BCUT2D eigenvalue weighted by Crippen LogP contribution is 2.24. The minimum atomic E-state index is -0.0794. The van der Waals surface area contributed by atoms with E-state index in [-0.39, 0.29) is 17.4 Å². The molecule has 1 aliphatic heterocycles. The maximum absolute atomic E-state index is 12.4. The Balaban J connectivity index is 1.59. The quantitative estimate of drug-likeness (QED) is 0.897. The molecule has 0 aliphatic carbocycles. The van der Waals surface area contributed by atoms with Crippen molar-refractivity contribution in [1.82, 2.24) is 9.78 Å². The van der Waals surface area contributed by atoms with Crippen LogP contribution < -0.4 is 15.8 Å². The smallest absolute Gasteiger partial charge is 0.268 e. The molecule has 26 heavy (non-hydrogen) atoms. The predicted octanol–water partition coefficient (Wildman–Crippen LogP) is 2.82. The lowest BCUT2D eigenvalue weighted by atomic mass is 9.94. The molecule has 1 fully saturated rings. The van der Waals surface area contributed by atoms with Gasteiger partial charge in [-0.05, 0) is 44.7 Å². The van der Waals surface area contributed by atoms with Gasteiger partial charge in [0, 0.05) is 37.8 Å². The maximum atomic E-state index is 12.4. The second-order valence-electron chi connectivity index (χ2n) is 6.94. The van der Waals surface area contributed by atoms with Crippen molar-refractivity contribution >= 4 is 17.3 Å². The van der Waals surface area contributed by atoms with Gasteiger partial charge in [-0.25, -0.2) is 4.68 Å². The number of aryl methyl sites for hydroxylation is 2. The van der Waals surface area contributed by atoms with E-state index in [4.69, 9.17) is 0 Å². The Morgan fingerprint density at radius 1 is 1.31 bits per heavy atom. The van der Waals surface area contributed by atoms with Crippen molar-refractivity contribution in [3.05, 3.63) is 52.4 Å². The van der Waals surface area contributed by atoms with Crippen LogP contribution in [0.2, 0.25) is 0 Å². The van der Waals surface area contributed by atoms with Crippen molar-refractivity contribution in [1.29, 1.82) is 0 Å². The zero-order valence-corrected chi connectivity index (χ0v) is 15.4. The van der Waals surface area contributed by atoms with Gasteiger partial charge in [-0.3, -0.25) is 9.59 Å². The van der Waals surface area contributed by atoms with Crippen LogP contribution in [0.25, 0.3) is 0 Å². The van der Waals surface area contributed by atoms with Crippen LogP contribution in [0.3, 0.4) is 0 Å². The van der Waals surface area contributed by atoms with Gasteiger partial charge in [-0.2, -0.15) is 5.10 Å². The number of rotatable bonds is 5. The molecule has 0 spiro atoms. The first-order valence-corrected chi connectivity index (χ1v) is 9.24. The molecule has 0 saturated carbocycles. The van der Waals surface area contributed by atoms with Gasteiger partial charge in [0.15, 0.2) is 0 Å². The molecule has 6 nitrogen and oxygen atoms in total. The van der Waals surface area contributed by atoms with E-state index in [0.29, 0.717) is 13.0 Å². The second-order valence-corrected chi connectivity index (χ2v) is 6.94. The van der Waals surface area contributed by atoms with Crippen LogP contribution in [0, 0.1) is 12.8 Å². The van der Waals surface area contributed by atoms with E-state index in [2.05, 4.69) is 15.3 Å². The molecule has 0 bridgehead atoms. The molecule has 1 N–H and O–H groups in total. The average molecular weight is 354 g/mol. The number of amides is 1. The highest BCUT2D eigenvalue weighted by molar-refractivity contribution is 5.90. The summed E-state index contributed by atoms with van der Waals surface area (Å²) in [4.78, 5) is 26.5. The highest BCUT2D eigenvalue weighted by Gasteiger charge is 2.23. The van der Waals surface area contributed by atoms with E-state index < -0.39 is 0 Å². The molecule has 1 aliphatic rings. The van der Waals surface area contributed by atoms with Gasteiger partial charge in [0.1, 0.15) is 0 Å². The predicted molar refractivity (Wildman–Crippen MR) is 104 cm³/mol. The molecule has 1 saturated heterocycles. The van der Waals surface area contributed by atoms with E-state index in [0.717, 1.165) is 37.3 Å². The van der Waals surface area contributed by atoms with E-state index in [1.807, 2.05) is 38.1 Å². The molecule has 1 atom stereocenters. The Bertz CT molecular complexity index is 813. The van der Waals surface area contributed by atoms with Gasteiger partial charge < -0.3 is 10.2 Å². The molecule has 1 amide bonds. The fourth-order valence-corrected chi connectivity index (χ4v) is 3.41. The molecule has 6 heteroatoms. The first-order chi connectivity index (χ1) is 12.5. The standard InChI is InChI=1S/C20H26N4O2/c1-3-24-20(26)12-18(13-21-24)23-10-4-5-16(14-23)11-19(25)22-17-8-6-15(2)7-9-17/h6-9,12-13,16H,3-5,10-11,14H2,1-2H3,(H,22,25). The van der Waals surface area contributed by atoms with Crippen molar-refractivity contribution in [3.8, 4) is 0 Å². The Labute approximate surface area is 153 Å². The number of hydrogen-bond acceptors (Lipinski definition) is 4. The SMILES string of the molecule is CCn1ncc(N2CCCC(CC(=O)Nc3ccc(C)cc3)C2)cc1=O. The lowest BCUT2D eigenvalue weighted by molar-refractivity contribution is -0.117. The zero-order chi connectivity index (χ0) is 18.5. The third kappa shape index (κ3) is 4.50. The summed E-state index contributed by atoms with van der Waals surface area (Å²) in [6.07, 6.45) is 4.28. The van der Waals surface area contributed by atoms with Crippen molar-refractivity contribution in [3.63, 3.8) is 0 Å². The van der Waals surface area contributed by atoms with Gasteiger partial charge in [0.05, 0.1) is 11.9 Å². The van der Waals surface area contributed by atoms with Crippen LogP contribution in [0.1, 0.15) is 31.7 Å². The first kappa shape index (κ1) is 18.2. The number of anilines is 2. The van der Waals surface area contributed by atoms with E-state index in [1.54, 1.807) is 12.3 Å². The number of nitrogens with zero attached hydrogens (tertiary/aromatic N) is 3. The number of carbonyl (C=O) groups excluding carboxylic acids is 1. The van der Waals surface area contributed by atoms with Gasteiger partial charge in [0.2, 0.25) is 5.91 Å². The molecule has 1 aromatic carbocycles. The minimum Gasteiger partial charge on any atom is -0.370 e. The molecule has 0 radical (unpaired) electrons. The molecular formula is C20H26N4O2. The number of nitrogens with one attached hydrogen (secondary N) is 1. The lowest BCUT2D eigenvalue weighted by Gasteiger charge is -2.33. The summed E-state index contributed by atoms with van der Waals surface area (Å²) in [7, 11) is 0. The second kappa shape index (κ2) is 8.17. The third-order valence-electron chi connectivity index (χ3n) is 4.85. The Kier molecular flexibility index (Phi) is 5.71. The van der Waals surface area contributed by atoms with Crippen molar-refractivity contribution < 1.29 is 4.79 Å². The summed E-state index contributed by atoms with van der Waals surface area (Å²) in [5.74, 6) is 0.322. The first-order valence-electron chi connectivity index (χ1n) is 9.24. The van der Waals surface area contributed by atoms with Crippen molar-refractivity contribution in [2.75, 3.05) is 23.3 Å². The Morgan fingerprint density at radius 3 is 2.77 bits per heavy atom. The van der Waals surface area contributed by atoms with Gasteiger partial charge in [0.25, 0.3) is 5.56 Å². The summed E-state index contributed by atoms with van der Waals surface area (Å²) in [5.41, 5.74) is 2.78. The van der Waals surface area contributed by atoms with E-state index in [1.165, 1.54) is 10.2 Å². The van der Waals surface area contributed by atoms with Crippen molar-refractivity contribution in [2.24, 2.45) is 5.92 Å². The summed E-state index contributed by atoms with van der Waals surface area (Å²) in [6, 6.07) is 9.47. The van der Waals surface area contributed by atoms with Gasteiger partial charge >= 0.3 is 0 Å². The number of piperidine rings is 1. The number of carbonyl (C=O) groups is 1. The molecule has 1 unspecified atom stereocenters. The van der Waals surface area contributed by atoms with Crippen molar-refractivity contribution in [2.45, 2.75) is 39.7 Å². The van der Waals surface area contributed by atoms with Crippen LogP contribution >= 0.6 is 0 Å². The monoisotopic (exact) mass is 354 g/mol. The average Bonchev–Trinajstić information content (AvgIpc) is 2.64. The summed E-state index contributed by atoms with van der Waals surface area (Å²) >= 11 is 0. The molecule has 138 valence electrons. The number of aromatic nitrogens is 2. The zero-order valence-electron chi connectivity index (χ0n) is 15.4. The fourth-order valence-electron chi connectivity index (χ4n) is 3.41. The highest BCUT2D eigenvalue weighted by atomic mass is 16.1. The van der Waals surface area contributed by atoms with E-state index >= 15 is 0 Å². The van der Waals surface area contributed by atoms with Crippen LogP contribution in [-0.4, -0.2) is 28.8 Å². The third-order valence-corrected chi connectivity index (χ3v) is 4.85. The summed E-state index contributed by atoms with van der Waals surface area (Å²) < 4.78 is 1.44. The number of benzene rings is 1. The molecule has 2 heterocycles. The van der Waals surface area contributed by atoms with Crippen LogP contribution in [0.4, 0.5) is 11.4 Å². The summed E-state index contributed by atoms with van der Waals surface area (Å²) in [6.45, 7) is 6.17.